The van der Waals surface area contributed by atoms with E-state index in [9.17, 15) is 4.79 Å². The van der Waals surface area contributed by atoms with Crippen molar-refractivity contribution in [1.29, 1.82) is 0 Å². The van der Waals surface area contributed by atoms with Crippen LogP contribution in [0.5, 0.6) is 11.5 Å². The maximum atomic E-state index is 11.5. The number of fused-ring (bicyclic) bond motifs is 1. The normalized spacial score (nSPS) is 12.7. The molecule has 0 saturated carbocycles. The van der Waals surface area contributed by atoms with Crippen LogP contribution in [0.4, 0.5) is 0 Å². The van der Waals surface area contributed by atoms with Gasteiger partial charge in [0.05, 0.1) is 12.7 Å². The van der Waals surface area contributed by atoms with Crippen molar-refractivity contribution in [2.24, 2.45) is 0 Å². The summed E-state index contributed by atoms with van der Waals surface area (Å²) in [5, 5.41) is 0.564. The largest absolute Gasteiger partial charge is 0.465 e. The zero-order valence-electron chi connectivity index (χ0n) is 8.08. The Balaban J connectivity index is 2.48. The van der Waals surface area contributed by atoms with E-state index in [2.05, 4.69) is 20.7 Å². The van der Waals surface area contributed by atoms with E-state index in [1.165, 1.54) is 7.11 Å². The van der Waals surface area contributed by atoms with Gasteiger partial charge in [0.15, 0.2) is 11.5 Å². The fourth-order valence-corrected chi connectivity index (χ4v) is 1.86. The molecular weight excluding hydrogens is 264 g/mol. The SMILES string of the molecule is COC(=O)c1cc2c(cc1CBr)OCO2. The minimum Gasteiger partial charge on any atom is -0.465 e. The van der Waals surface area contributed by atoms with Crippen molar-refractivity contribution in [1.82, 2.24) is 0 Å². The molecule has 0 spiro atoms. The molecule has 0 bridgehead atoms. The number of hydrogen-bond donors (Lipinski definition) is 0. The highest BCUT2D eigenvalue weighted by Gasteiger charge is 2.20. The van der Waals surface area contributed by atoms with Crippen LogP contribution in [-0.4, -0.2) is 19.9 Å². The molecular formula is C10H9BrO4. The molecule has 4 nitrogen and oxygen atoms in total. The third kappa shape index (κ3) is 1.79. The van der Waals surface area contributed by atoms with Crippen LogP contribution < -0.4 is 9.47 Å². The highest BCUT2D eigenvalue weighted by molar-refractivity contribution is 9.08. The summed E-state index contributed by atoms with van der Waals surface area (Å²) in [5.74, 6) is 0.875. The highest BCUT2D eigenvalue weighted by atomic mass is 79.9. The first-order valence-corrected chi connectivity index (χ1v) is 5.45. The summed E-state index contributed by atoms with van der Waals surface area (Å²) in [6.45, 7) is 0.196. The first-order chi connectivity index (χ1) is 7.26. The molecule has 1 heterocycles. The Hall–Kier alpha value is -1.23. The van der Waals surface area contributed by atoms with E-state index in [1.54, 1.807) is 12.1 Å². The number of halogens is 1. The van der Waals surface area contributed by atoms with Gasteiger partial charge in [-0.1, -0.05) is 15.9 Å². The lowest BCUT2D eigenvalue weighted by Gasteiger charge is -2.06. The summed E-state index contributed by atoms with van der Waals surface area (Å²) in [5.41, 5.74) is 1.32. The van der Waals surface area contributed by atoms with E-state index in [0.29, 0.717) is 22.4 Å². The van der Waals surface area contributed by atoms with Crippen molar-refractivity contribution >= 4 is 21.9 Å². The fraction of sp³-hybridized carbons (Fsp3) is 0.300. The quantitative estimate of drug-likeness (QED) is 0.611. The molecule has 0 fully saturated rings. The van der Waals surface area contributed by atoms with Crippen LogP contribution in [0.15, 0.2) is 12.1 Å². The van der Waals surface area contributed by atoms with Gasteiger partial charge >= 0.3 is 5.97 Å². The Bertz CT molecular complexity index is 403. The molecule has 0 atom stereocenters. The van der Waals surface area contributed by atoms with Crippen LogP contribution >= 0.6 is 15.9 Å². The van der Waals surface area contributed by atoms with Crippen LogP contribution in [0, 0.1) is 0 Å². The molecule has 15 heavy (non-hydrogen) atoms. The number of benzene rings is 1. The number of hydrogen-bond acceptors (Lipinski definition) is 4. The molecule has 0 saturated heterocycles. The molecule has 0 aliphatic carbocycles. The van der Waals surface area contributed by atoms with Gasteiger partial charge in [0.2, 0.25) is 6.79 Å². The minimum absolute atomic E-state index is 0.196. The van der Waals surface area contributed by atoms with Gasteiger partial charge in [-0.05, 0) is 17.7 Å². The Morgan fingerprint density at radius 1 is 1.47 bits per heavy atom. The van der Waals surface area contributed by atoms with Crippen LogP contribution in [0.25, 0.3) is 0 Å². The second kappa shape index (κ2) is 4.10. The predicted molar refractivity (Wildman–Crippen MR) is 56.5 cm³/mol. The van der Waals surface area contributed by atoms with E-state index < -0.39 is 0 Å². The lowest BCUT2D eigenvalue weighted by Crippen LogP contribution is -2.04. The predicted octanol–water partition coefficient (Wildman–Crippen LogP) is 2.10. The van der Waals surface area contributed by atoms with Crippen molar-refractivity contribution in [2.45, 2.75) is 5.33 Å². The zero-order valence-corrected chi connectivity index (χ0v) is 9.67. The van der Waals surface area contributed by atoms with Crippen molar-refractivity contribution in [3.63, 3.8) is 0 Å². The van der Waals surface area contributed by atoms with Gasteiger partial charge in [0.25, 0.3) is 0 Å². The van der Waals surface area contributed by atoms with Gasteiger partial charge in [-0.25, -0.2) is 4.79 Å². The third-order valence-electron chi connectivity index (χ3n) is 2.15. The first kappa shape index (κ1) is 10.3. The van der Waals surface area contributed by atoms with Crippen LogP contribution in [0.3, 0.4) is 0 Å². The summed E-state index contributed by atoms with van der Waals surface area (Å²) < 4.78 is 15.1. The summed E-state index contributed by atoms with van der Waals surface area (Å²) in [6, 6.07) is 3.42. The molecule has 1 aromatic carbocycles. The number of carbonyl (C=O) groups excluding carboxylic acids is 1. The number of ether oxygens (including phenoxy) is 3. The van der Waals surface area contributed by atoms with Crippen LogP contribution in [0.1, 0.15) is 15.9 Å². The lowest BCUT2D eigenvalue weighted by molar-refractivity contribution is 0.0599. The van der Waals surface area contributed by atoms with Crippen molar-refractivity contribution in [2.75, 3.05) is 13.9 Å². The van der Waals surface area contributed by atoms with Crippen molar-refractivity contribution < 1.29 is 19.0 Å². The second-order valence-electron chi connectivity index (χ2n) is 2.99. The molecule has 5 heteroatoms. The number of esters is 1. The first-order valence-electron chi connectivity index (χ1n) is 4.33. The van der Waals surface area contributed by atoms with Crippen LogP contribution in [-0.2, 0) is 10.1 Å². The van der Waals surface area contributed by atoms with E-state index >= 15 is 0 Å². The van der Waals surface area contributed by atoms with Gasteiger partial charge in [0.1, 0.15) is 0 Å². The van der Waals surface area contributed by atoms with Gasteiger partial charge in [0, 0.05) is 5.33 Å². The topological polar surface area (TPSA) is 44.8 Å². The average Bonchev–Trinajstić information content (AvgIpc) is 2.73. The van der Waals surface area contributed by atoms with Crippen molar-refractivity contribution in [3.8, 4) is 11.5 Å². The monoisotopic (exact) mass is 272 g/mol. The summed E-state index contributed by atoms with van der Waals surface area (Å²) >= 11 is 3.31. The van der Waals surface area contributed by atoms with E-state index in [0.717, 1.165) is 5.56 Å². The lowest BCUT2D eigenvalue weighted by atomic mass is 10.1. The standard InChI is InChI=1S/C10H9BrO4/c1-13-10(12)7-3-9-8(14-5-15-9)2-6(7)4-11/h2-3H,4-5H2,1H3. The van der Waals surface area contributed by atoms with Crippen molar-refractivity contribution in [3.05, 3.63) is 23.3 Å². The van der Waals surface area contributed by atoms with E-state index in [4.69, 9.17) is 9.47 Å². The molecule has 0 unspecified atom stereocenters. The number of alkyl halides is 1. The number of rotatable bonds is 2. The fourth-order valence-electron chi connectivity index (χ4n) is 1.39. The van der Waals surface area contributed by atoms with Gasteiger partial charge < -0.3 is 14.2 Å². The second-order valence-corrected chi connectivity index (χ2v) is 3.55. The Labute approximate surface area is 95.3 Å². The summed E-state index contributed by atoms with van der Waals surface area (Å²) in [4.78, 5) is 11.5. The third-order valence-corrected chi connectivity index (χ3v) is 2.75. The highest BCUT2D eigenvalue weighted by Crippen LogP contribution is 2.35. The van der Waals surface area contributed by atoms with E-state index in [1.807, 2.05) is 0 Å². The maximum Gasteiger partial charge on any atom is 0.338 e. The van der Waals surface area contributed by atoms with Crippen LogP contribution in [0.2, 0.25) is 0 Å². The average molecular weight is 273 g/mol. The molecule has 80 valence electrons. The molecule has 0 N–H and O–H groups in total. The Morgan fingerprint density at radius 3 is 2.73 bits per heavy atom. The molecule has 1 aromatic rings. The maximum absolute atomic E-state index is 11.5. The van der Waals surface area contributed by atoms with Gasteiger partial charge in [-0.2, -0.15) is 0 Å². The molecule has 1 aliphatic rings. The number of methoxy groups -OCH3 is 1. The summed E-state index contributed by atoms with van der Waals surface area (Å²) in [6.07, 6.45) is 0. The Kier molecular flexibility index (Phi) is 2.81. The molecule has 1 aliphatic heterocycles. The number of carbonyl (C=O) groups is 1. The molecule has 0 radical (unpaired) electrons. The van der Waals surface area contributed by atoms with Gasteiger partial charge in [-0.3, -0.25) is 0 Å². The molecule has 0 aromatic heterocycles. The molecule has 0 amide bonds. The van der Waals surface area contributed by atoms with E-state index in [-0.39, 0.29) is 12.8 Å². The minimum atomic E-state index is -0.372. The smallest absolute Gasteiger partial charge is 0.338 e. The summed E-state index contributed by atoms with van der Waals surface area (Å²) in [7, 11) is 1.35. The Morgan fingerprint density at radius 2 is 2.13 bits per heavy atom. The zero-order chi connectivity index (χ0) is 10.8. The van der Waals surface area contributed by atoms with Gasteiger partial charge in [-0.15, -0.1) is 0 Å². The molecule has 2 rings (SSSR count).